The Morgan fingerprint density at radius 2 is 1.90 bits per heavy atom. The van der Waals surface area contributed by atoms with Crippen molar-refractivity contribution in [3.05, 3.63) is 48.3 Å². The fourth-order valence-electron chi connectivity index (χ4n) is 2.18. The molecule has 1 aromatic carbocycles. The summed E-state index contributed by atoms with van der Waals surface area (Å²) in [7, 11) is -2.09. The van der Waals surface area contributed by atoms with Crippen LogP contribution in [0.25, 0.3) is 0 Å². The van der Waals surface area contributed by atoms with Crippen LogP contribution < -0.4 is 4.31 Å². The van der Waals surface area contributed by atoms with Gasteiger partial charge in [0, 0.05) is 25.5 Å². The van der Waals surface area contributed by atoms with Gasteiger partial charge in [-0.2, -0.15) is 0 Å². The van der Waals surface area contributed by atoms with Gasteiger partial charge >= 0.3 is 0 Å². The molecule has 21 heavy (non-hydrogen) atoms. The van der Waals surface area contributed by atoms with Crippen LogP contribution in [-0.4, -0.2) is 25.1 Å². The second kappa shape index (κ2) is 6.32. The predicted molar refractivity (Wildman–Crippen MR) is 82.7 cm³/mol. The number of aliphatic hydroxyl groups is 1. The molecule has 0 bridgehead atoms. The van der Waals surface area contributed by atoms with Crippen molar-refractivity contribution >= 4 is 15.7 Å². The molecule has 0 spiro atoms. The van der Waals surface area contributed by atoms with Gasteiger partial charge in [0.1, 0.15) is 4.90 Å². The van der Waals surface area contributed by atoms with Crippen LogP contribution >= 0.6 is 0 Å². The highest BCUT2D eigenvalue weighted by atomic mass is 32.2. The molecule has 2 aromatic rings. The number of nitrogens with zero attached hydrogens (tertiary/aromatic N) is 2. The molecule has 1 N–H and O–H groups in total. The van der Waals surface area contributed by atoms with E-state index < -0.39 is 10.0 Å². The van der Waals surface area contributed by atoms with Crippen molar-refractivity contribution in [1.82, 2.24) is 4.57 Å². The summed E-state index contributed by atoms with van der Waals surface area (Å²) in [6.07, 6.45) is 2.46. The number of hydrogen-bond acceptors (Lipinski definition) is 3. The van der Waals surface area contributed by atoms with Crippen molar-refractivity contribution in [2.75, 3.05) is 11.4 Å². The van der Waals surface area contributed by atoms with Crippen LogP contribution in [0.5, 0.6) is 0 Å². The Kier molecular flexibility index (Phi) is 4.69. The van der Waals surface area contributed by atoms with Gasteiger partial charge in [-0.05, 0) is 24.6 Å². The lowest BCUT2D eigenvalue weighted by Gasteiger charge is -2.18. The summed E-state index contributed by atoms with van der Waals surface area (Å²) >= 11 is 0. The van der Waals surface area contributed by atoms with Gasteiger partial charge in [0.2, 0.25) is 0 Å². The van der Waals surface area contributed by atoms with Gasteiger partial charge in [0.15, 0.2) is 0 Å². The van der Waals surface area contributed by atoms with Crippen molar-refractivity contribution in [3.63, 3.8) is 0 Å². The summed E-state index contributed by atoms with van der Waals surface area (Å²) in [5, 5.41) is 9.35. The van der Waals surface area contributed by atoms with Crippen molar-refractivity contribution in [2.24, 2.45) is 0 Å². The van der Waals surface area contributed by atoms with Crippen LogP contribution in [0.3, 0.4) is 0 Å². The minimum Gasteiger partial charge on any atom is -0.390 e. The lowest BCUT2D eigenvalue weighted by Crippen LogP contribution is -2.26. The molecule has 0 aliphatic rings. The van der Waals surface area contributed by atoms with E-state index in [2.05, 4.69) is 0 Å². The Morgan fingerprint density at radius 3 is 2.48 bits per heavy atom. The summed E-state index contributed by atoms with van der Waals surface area (Å²) < 4.78 is 28.3. The number of sulfonamides is 1. The highest BCUT2D eigenvalue weighted by molar-refractivity contribution is 7.92. The van der Waals surface area contributed by atoms with Gasteiger partial charge in [0.05, 0.1) is 12.3 Å². The van der Waals surface area contributed by atoms with E-state index in [1.165, 1.54) is 17.4 Å². The molecule has 0 saturated carbocycles. The number of hydrogen-bond donors (Lipinski definition) is 1. The Labute approximate surface area is 125 Å². The second-order valence-corrected chi connectivity index (χ2v) is 6.80. The van der Waals surface area contributed by atoms with E-state index in [0.29, 0.717) is 17.9 Å². The zero-order chi connectivity index (χ0) is 15.5. The molecule has 0 aliphatic heterocycles. The molecule has 0 atom stereocenters. The third kappa shape index (κ3) is 3.11. The molecule has 0 unspecified atom stereocenters. The maximum absolute atomic E-state index is 12.6. The summed E-state index contributed by atoms with van der Waals surface area (Å²) in [5.74, 6) is 0. The Balaban J connectivity index is 2.40. The van der Waals surface area contributed by atoms with Crippen LogP contribution in [-0.2, 0) is 23.2 Å². The van der Waals surface area contributed by atoms with Gasteiger partial charge in [-0.3, -0.25) is 4.31 Å². The van der Waals surface area contributed by atoms with Crippen LogP contribution in [0.1, 0.15) is 19.0 Å². The third-order valence-electron chi connectivity index (χ3n) is 3.37. The quantitative estimate of drug-likeness (QED) is 0.890. The Bertz CT molecular complexity index is 693. The molecule has 2 rings (SSSR count). The topological polar surface area (TPSA) is 62.5 Å². The largest absolute Gasteiger partial charge is 0.390 e. The summed E-state index contributed by atoms with van der Waals surface area (Å²) in [6.45, 7) is 2.51. The number of benzene rings is 1. The van der Waals surface area contributed by atoms with Crippen LogP contribution in [0, 0.1) is 0 Å². The molecule has 0 saturated heterocycles. The smallest absolute Gasteiger partial charge is 0.265 e. The van der Waals surface area contributed by atoms with Gasteiger partial charge < -0.3 is 9.67 Å². The zero-order valence-corrected chi connectivity index (χ0v) is 13.0. The molecule has 0 amide bonds. The molecule has 6 heteroatoms. The van der Waals surface area contributed by atoms with Crippen LogP contribution in [0.15, 0.2) is 47.5 Å². The van der Waals surface area contributed by atoms with Crippen molar-refractivity contribution in [3.8, 4) is 0 Å². The molecule has 114 valence electrons. The van der Waals surface area contributed by atoms with Gasteiger partial charge in [-0.25, -0.2) is 8.42 Å². The molecule has 0 fully saturated rings. The summed E-state index contributed by atoms with van der Waals surface area (Å²) in [5.41, 5.74) is 1.21. The first-order chi connectivity index (χ1) is 10.0. The van der Waals surface area contributed by atoms with E-state index in [1.54, 1.807) is 35.0 Å². The SMILES string of the molecule is CCCn1cc(S(=O)(=O)N(C)c2ccccc2)cc1CO. The van der Waals surface area contributed by atoms with Gasteiger partial charge in [-0.15, -0.1) is 0 Å². The van der Waals surface area contributed by atoms with E-state index in [4.69, 9.17) is 0 Å². The first kappa shape index (κ1) is 15.6. The maximum Gasteiger partial charge on any atom is 0.265 e. The number of aliphatic hydroxyl groups excluding tert-OH is 1. The van der Waals surface area contributed by atoms with Crippen molar-refractivity contribution in [2.45, 2.75) is 31.4 Å². The van der Waals surface area contributed by atoms with Crippen molar-refractivity contribution < 1.29 is 13.5 Å². The van der Waals surface area contributed by atoms with Gasteiger partial charge in [0.25, 0.3) is 10.0 Å². The summed E-state index contributed by atoms with van der Waals surface area (Å²) in [6, 6.07) is 10.4. The fourth-order valence-corrected chi connectivity index (χ4v) is 3.44. The molecule has 1 heterocycles. The summed E-state index contributed by atoms with van der Waals surface area (Å²) in [4.78, 5) is 0.200. The molecular formula is C15H20N2O3S. The minimum absolute atomic E-state index is 0.176. The van der Waals surface area contributed by atoms with E-state index in [9.17, 15) is 13.5 Å². The van der Waals surface area contributed by atoms with E-state index in [0.717, 1.165) is 6.42 Å². The highest BCUT2D eigenvalue weighted by Crippen LogP contribution is 2.23. The van der Waals surface area contributed by atoms with Crippen molar-refractivity contribution in [1.29, 1.82) is 0 Å². The first-order valence-corrected chi connectivity index (χ1v) is 8.28. The van der Waals surface area contributed by atoms with Gasteiger partial charge in [-0.1, -0.05) is 25.1 Å². The number of rotatable bonds is 6. The monoisotopic (exact) mass is 308 g/mol. The highest BCUT2D eigenvalue weighted by Gasteiger charge is 2.23. The molecule has 5 nitrogen and oxygen atoms in total. The first-order valence-electron chi connectivity index (χ1n) is 6.84. The lowest BCUT2D eigenvalue weighted by atomic mass is 10.3. The standard InChI is InChI=1S/C15H20N2O3S/c1-3-9-17-11-15(10-14(17)12-18)21(19,20)16(2)13-7-5-4-6-8-13/h4-8,10-11,18H,3,9,12H2,1-2H3. The number of aromatic nitrogens is 1. The van der Waals surface area contributed by atoms with E-state index >= 15 is 0 Å². The van der Waals surface area contributed by atoms with E-state index in [-0.39, 0.29) is 11.5 Å². The number of para-hydroxylation sites is 1. The number of anilines is 1. The molecule has 0 aliphatic carbocycles. The average molecular weight is 308 g/mol. The number of aryl methyl sites for hydroxylation is 1. The Morgan fingerprint density at radius 1 is 1.24 bits per heavy atom. The van der Waals surface area contributed by atoms with Crippen LogP contribution in [0.2, 0.25) is 0 Å². The Hall–Kier alpha value is -1.79. The lowest BCUT2D eigenvalue weighted by molar-refractivity contribution is 0.270. The fraction of sp³-hybridized carbons (Fsp3) is 0.333. The molecule has 1 aromatic heterocycles. The zero-order valence-electron chi connectivity index (χ0n) is 12.2. The maximum atomic E-state index is 12.6. The second-order valence-electron chi connectivity index (χ2n) is 4.83. The average Bonchev–Trinajstić information content (AvgIpc) is 2.91. The molecular weight excluding hydrogens is 288 g/mol. The predicted octanol–water partition coefficient (Wildman–Crippen LogP) is 2.22. The normalized spacial score (nSPS) is 11.6. The molecule has 0 radical (unpaired) electrons. The minimum atomic E-state index is -3.62. The van der Waals surface area contributed by atoms with E-state index in [1.807, 2.05) is 13.0 Å². The third-order valence-corrected chi connectivity index (χ3v) is 5.12. The van der Waals surface area contributed by atoms with Crippen LogP contribution in [0.4, 0.5) is 5.69 Å².